The zero-order valence-corrected chi connectivity index (χ0v) is 35.3. The van der Waals surface area contributed by atoms with Crippen molar-refractivity contribution in [3.63, 3.8) is 0 Å². The number of fused-ring (bicyclic) bond motifs is 1. The molecule has 5 rings (SSSR count). The summed E-state index contributed by atoms with van der Waals surface area (Å²) >= 11 is 0. The number of nitrogens with one attached hydrogen (secondary N) is 4. The third kappa shape index (κ3) is 13.8. The van der Waals surface area contributed by atoms with Crippen molar-refractivity contribution in [3.05, 3.63) is 24.3 Å². The van der Waals surface area contributed by atoms with Gasteiger partial charge >= 0.3 is 0 Å². The van der Waals surface area contributed by atoms with E-state index in [1.807, 2.05) is 27.7 Å². The molecule has 3 aliphatic carbocycles. The quantitative estimate of drug-likeness (QED) is 0.214. The summed E-state index contributed by atoms with van der Waals surface area (Å²) in [5, 5.41) is 11.5. The van der Waals surface area contributed by atoms with Crippen LogP contribution in [0.1, 0.15) is 130 Å². The molecule has 1 aliphatic heterocycles. The van der Waals surface area contributed by atoms with E-state index in [1.54, 1.807) is 4.90 Å². The largest absolute Gasteiger partial charge is 0.347 e. The van der Waals surface area contributed by atoms with Crippen molar-refractivity contribution in [1.29, 1.82) is 0 Å². The first-order valence-corrected chi connectivity index (χ1v) is 18.2. The Bertz CT molecular complexity index is 1410. The summed E-state index contributed by atoms with van der Waals surface area (Å²) in [6, 6.07) is -3.68. The third-order valence-electron chi connectivity index (χ3n) is 10.7. The van der Waals surface area contributed by atoms with Crippen LogP contribution in [0.15, 0.2) is 18.6 Å². The predicted molar refractivity (Wildman–Crippen MR) is 236 cm³/mol. The maximum Gasteiger partial charge on any atom is 0.289 e. The molecule has 1 aromatic rings. The number of hydrogen-bond donors (Lipinski definition) is 4. The summed E-state index contributed by atoms with van der Waals surface area (Å²) in [6.45, 7) is 7.85. The molecule has 0 bridgehead atoms. The molecule has 4 aliphatic rings. The molecule has 0 spiro atoms. The number of amides is 5. The smallest absolute Gasteiger partial charge is 0.289 e. The molecule has 0 aromatic carbocycles. The van der Waals surface area contributed by atoms with Crippen molar-refractivity contribution in [3.8, 4) is 0 Å². The zero-order valence-electron chi connectivity index (χ0n) is 31.3. The predicted octanol–water partition coefficient (Wildman–Crippen LogP) is 4.17. The lowest BCUT2D eigenvalue weighted by atomic mass is 9.82. The number of rotatable bonds is 13. The van der Waals surface area contributed by atoms with Crippen LogP contribution < -0.4 is 21.3 Å². The van der Waals surface area contributed by atoms with E-state index in [9.17, 15) is 28.8 Å². The highest BCUT2D eigenvalue weighted by molar-refractivity contribution is 7.59. The lowest BCUT2D eigenvalue weighted by Crippen LogP contribution is -2.62. The topological polar surface area (TPSA) is 180 Å². The van der Waals surface area contributed by atoms with Crippen LogP contribution >= 0.6 is 54.0 Å². The van der Waals surface area contributed by atoms with Gasteiger partial charge in [-0.2, -0.15) is 54.0 Å². The van der Waals surface area contributed by atoms with Gasteiger partial charge in [0, 0.05) is 25.0 Å². The van der Waals surface area contributed by atoms with Crippen LogP contribution in [0.2, 0.25) is 0 Å². The molecule has 316 valence electrons. The monoisotopic (exact) mass is 847 g/mol. The second-order valence-electron chi connectivity index (χ2n) is 15.5. The van der Waals surface area contributed by atoms with Gasteiger partial charge in [-0.3, -0.25) is 33.8 Å². The van der Waals surface area contributed by atoms with Crippen LogP contribution in [0.5, 0.6) is 0 Å². The summed E-state index contributed by atoms with van der Waals surface area (Å²) in [5.41, 5.74) is -0.638. The highest BCUT2D eigenvalue weighted by atomic mass is 32.1. The van der Waals surface area contributed by atoms with Crippen molar-refractivity contribution in [1.82, 2.24) is 36.1 Å². The van der Waals surface area contributed by atoms with Crippen molar-refractivity contribution < 1.29 is 28.8 Å². The molecule has 6 atom stereocenters. The number of nitrogens with zero attached hydrogens (tertiary/aromatic N) is 3. The number of carbonyl (C=O) groups is 6. The average molecular weight is 848 g/mol. The molecule has 1 aromatic heterocycles. The fourth-order valence-electron chi connectivity index (χ4n) is 7.87. The standard InChI is InChI=1S/C36H53N7O6.2CH4.4H2S/c1-5-10-25(29(44)34(48)39-23-15-16-23)40-33(47)28-24-14-9-13-22(24)20-43(28)35(49)30(36(2,3)4)42-32(46)27(21-11-7-6-8-12-21)41-31(45)26-19-37-17-18-38-26;;;;;;/h17-19,21-25,27-28,30H,5-16,20H2,1-4H3,(H,39,48)(H,40,47)(H,41,45)(H,42,46);2*1H4;4*1H2/t22-,24+,25-,27+,28?,30-;;;;;;/m1....../s1. The Morgan fingerprint density at radius 1 is 0.836 bits per heavy atom. The molecule has 13 nitrogen and oxygen atoms in total. The van der Waals surface area contributed by atoms with Crippen LogP contribution in [-0.4, -0.2) is 86.9 Å². The van der Waals surface area contributed by atoms with E-state index in [4.69, 9.17) is 0 Å². The SMILES string of the molecule is C.C.CCC[C@@H](NC(=O)C1[C@H]2CCC[C@@H]2CN1C(=O)[C@@H](NC(=O)[C@@H](NC(=O)c1cnccn1)C1CCCCC1)C(C)(C)C)C(=O)C(=O)NC1CC1.S.S.S.S. The Morgan fingerprint density at radius 3 is 2.05 bits per heavy atom. The van der Waals surface area contributed by atoms with Crippen LogP contribution in [0.3, 0.4) is 0 Å². The molecular formula is C38H69N7O6S4. The minimum atomic E-state index is -0.994. The molecule has 3 saturated carbocycles. The van der Waals surface area contributed by atoms with Gasteiger partial charge in [0.15, 0.2) is 0 Å². The van der Waals surface area contributed by atoms with E-state index < -0.39 is 59.0 Å². The highest BCUT2D eigenvalue weighted by Crippen LogP contribution is 2.43. The summed E-state index contributed by atoms with van der Waals surface area (Å²) in [4.78, 5) is 91.4. The molecule has 0 radical (unpaired) electrons. The van der Waals surface area contributed by atoms with Gasteiger partial charge in [-0.15, -0.1) is 0 Å². The van der Waals surface area contributed by atoms with Crippen LogP contribution in [-0.2, 0) is 24.0 Å². The molecule has 2 heterocycles. The normalized spacial score (nSPS) is 21.6. The summed E-state index contributed by atoms with van der Waals surface area (Å²) in [7, 11) is 0. The molecule has 5 amide bonds. The fourth-order valence-corrected chi connectivity index (χ4v) is 7.87. The van der Waals surface area contributed by atoms with Gasteiger partial charge in [0.05, 0.1) is 12.2 Å². The first-order valence-electron chi connectivity index (χ1n) is 18.2. The Balaban J connectivity index is 0. The Morgan fingerprint density at radius 2 is 1.49 bits per heavy atom. The van der Waals surface area contributed by atoms with E-state index in [0.29, 0.717) is 19.4 Å². The number of carbonyl (C=O) groups excluding carboxylic acids is 6. The number of Topliss-reactive ketones (excluding diaryl/α,β-unsaturated/α-hetero) is 1. The minimum absolute atomic E-state index is 0. The molecule has 4 fully saturated rings. The van der Waals surface area contributed by atoms with Gasteiger partial charge in [0.25, 0.3) is 11.8 Å². The van der Waals surface area contributed by atoms with Crippen LogP contribution in [0.25, 0.3) is 0 Å². The van der Waals surface area contributed by atoms with Gasteiger partial charge in [-0.05, 0) is 68.1 Å². The van der Waals surface area contributed by atoms with E-state index in [2.05, 4.69) is 31.2 Å². The Kier molecular flexibility index (Phi) is 24.1. The van der Waals surface area contributed by atoms with E-state index in [-0.39, 0.29) is 104 Å². The maximum absolute atomic E-state index is 14.6. The van der Waals surface area contributed by atoms with E-state index in [1.165, 1.54) is 18.6 Å². The van der Waals surface area contributed by atoms with E-state index >= 15 is 0 Å². The van der Waals surface area contributed by atoms with Crippen LogP contribution in [0, 0.1) is 23.2 Å². The fraction of sp³-hybridized carbons (Fsp3) is 0.737. The lowest BCUT2D eigenvalue weighted by Gasteiger charge is -2.38. The Hall–Kier alpha value is -2.50. The maximum atomic E-state index is 14.6. The number of aromatic nitrogens is 2. The molecule has 17 heteroatoms. The lowest BCUT2D eigenvalue weighted by molar-refractivity contribution is -0.146. The third-order valence-corrected chi connectivity index (χ3v) is 10.7. The molecule has 4 N–H and O–H groups in total. The van der Waals surface area contributed by atoms with Crippen molar-refractivity contribution in [2.75, 3.05) is 6.54 Å². The van der Waals surface area contributed by atoms with E-state index in [0.717, 1.165) is 64.2 Å². The zero-order chi connectivity index (χ0) is 35.3. The first-order chi connectivity index (χ1) is 23.4. The van der Waals surface area contributed by atoms with Crippen LogP contribution in [0.4, 0.5) is 0 Å². The van der Waals surface area contributed by atoms with Crippen molar-refractivity contribution in [2.45, 2.75) is 150 Å². The number of likely N-dealkylation sites (tertiary alicyclic amines) is 1. The van der Waals surface area contributed by atoms with Gasteiger partial charge in [0.2, 0.25) is 23.5 Å². The summed E-state index contributed by atoms with van der Waals surface area (Å²) in [6.07, 6.45) is 13.9. The van der Waals surface area contributed by atoms with Crippen molar-refractivity contribution >= 4 is 89.3 Å². The highest BCUT2D eigenvalue weighted by Gasteiger charge is 2.52. The second kappa shape index (κ2) is 24.3. The average Bonchev–Trinajstić information content (AvgIpc) is 3.65. The van der Waals surface area contributed by atoms with Gasteiger partial charge in [-0.25, -0.2) is 4.98 Å². The molecule has 1 unspecified atom stereocenters. The van der Waals surface area contributed by atoms with Crippen molar-refractivity contribution in [2.24, 2.45) is 23.2 Å². The minimum Gasteiger partial charge on any atom is -0.347 e. The second-order valence-corrected chi connectivity index (χ2v) is 15.5. The van der Waals surface area contributed by atoms with Gasteiger partial charge < -0.3 is 26.2 Å². The molecule has 55 heavy (non-hydrogen) atoms. The Labute approximate surface area is 356 Å². The summed E-state index contributed by atoms with van der Waals surface area (Å²) < 4.78 is 0. The van der Waals surface area contributed by atoms with Gasteiger partial charge in [0.1, 0.15) is 23.8 Å². The molecular weight excluding hydrogens is 779 g/mol. The number of ketones is 1. The first kappa shape index (κ1) is 54.6. The summed E-state index contributed by atoms with van der Waals surface area (Å²) in [5.74, 6) is -3.20. The van der Waals surface area contributed by atoms with Gasteiger partial charge in [-0.1, -0.05) is 74.7 Å². The molecule has 1 saturated heterocycles. The number of hydrogen-bond acceptors (Lipinski definition) is 8.